The van der Waals surface area contributed by atoms with Gasteiger partial charge in [-0.1, -0.05) is 30.0 Å². The summed E-state index contributed by atoms with van der Waals surface area (Å²) < 4.78 is 15.8. The first-order valence-electron chi connectivity index (χ1n) is 10.7. The van der Waals surface area contributed by atoms with Crippen molar-refractivity contribution >= 4 is 45.5 Å². The van der Waals surface area contributed by atoms with Crippen LogP contribution in [-0.2, 0) is 25.7 Å². The van der Waals surface area contributed by atoms with E-state index < -0.39 is 23.7 Å². The number of benzene rings is 2. The van der Waals surface area contributed by atoms with Gasteiger partial charge in [0.15, 0.2) is 0 Å². The molecule has 0 radical (unpaired) electrons. The molecule has 9 nitrogen and oxygen atoms in total. The number of halogens is 1. The molecule has 1 heterocycles. The highest BCUT2D eigenvalue weighted by molar-refractivity contribution is 9.10. The zero-order chi connectivity index (χ0) is 26.2. The summed E-state index contributed by atoms with van der Waals surface area (Å²) in [4.78, 5) is 38.0. The standard InChI is InChI=1S/C25H24BrN3O6S/c1-33-16-7-4-14(5-8-16)12-28-20(30)13-36-24-17(11-27)21(22(23(31)29-24)25(32)35-3)15-6-9-19(34-2)18(26)10-15/h4-10,21-22H,12-13H2,1-3H3,(H,28,30)(H,29,31)/t21-,22-/m1/s1. The number of thioether (sulfide) groups is 1. The van der Waals surface area contributed by atoms with Gasteiger partial charge in [-0.05, 0) is 51.3 Å². The second kappa shape index (κ2) is 12.5. The summed E-state index contributed by atoms with van der Waals surface area (Å²) in [6.07, 6.45) is 0. The molecule has 0 aliphatic carbocycles. The van der Waals surface area contributed by atoms with E-state index in [0.29, 0.717) is 28.1 Å². The van der Waals surface area contributed by atoms with E-state index in [2.05, 4.69) is 32.6 Å². The van der Waals surface area contributed by atoms with Gasteiger partial charge >= 0.3 is 5.97 Å². The van der Waals surface area contributed by atoms with Crippen molar-refractivity contribution in [2.24, 2.45) is 5.92 Å². The molecular weight excluding hydrogens is 550 g/mol. The summed E-state index contributed by atoms with van der Waals surface area (Å²) in [6.45, 7) is 0.312. The number of hydrogen-bond donors (Lipinski definition) is 2. The van der Waals surface area contributed by atoms with Gasteiger partial charge in [0.25, 0.3) is 0 Å². The van der Waals surface area contributed by atoms with Crippen molar-refractivity contribution in [3.63, 3.8) is 0 Å². The average Bonchev–Trinajstić information content (AvgIpc) is 2.89. The van der Waals surface area contributed by atoms with Gasteiger partial charge < -0.3 is 24.8 Å². The Morgan fingerprint density at radius 2 is 1.86 bits per heavy atom. The van der Waals surface area contributed by atoms with Gasteiger partial charge in [-0.15, -0.1) is 0 Å². The lowest BCUT2D eigenvalue weighted by atomic mass is 9.78. The third-order valence-electron chi connectivity index (χ3n) is 5.52. The van der Waals surface area contributed by atoms with Crippen molar-refractivity contribution in [1.82, 2.24) is 10.6 Å². The number of nitriles is 1. The lowest BCUT2D eigenvalue weighted by Gasteiger charge is -2.31. The van der Waals surface area contributed by atoms with Crippen LogP contribution in [0.3, 0.4) is 0 Å². The second-order valence-corrected chi connectivity index (χ2v) is 9.47. The van der Waals surface area contributed by atoms with Crippen molar-refractivity contribution in [3.8, 4) is 17.6 Å². The summed E-state index contributed by atoms with van der Waals surface area (Å²) in [6, 6.07) is 14.5. The number of ether oxygens (including phenoxy) is 3. The first-order chi connectivity index (χ1) is 17.3. The highest BCUT2D eigenvalue weighted by Gasteiger charge is 2.44. The zero-order valence-electron chi connectivity index (χ0n) is 19.8. The van der Waals surface area contributed by atoms with Crippen molar-refractivity contribution in [2.45, 2.75) is 12.5 Å². The highest BCUT2D eigenvalue weighted by Crippen LogP contribution is 2.42. The van der Waals surface area contributed by atoms with Crippen molar-refractivity contribution in [2.75, 3.05) is 27.1 Å². The molecule has 0 saturated carbocycles. The lowest BCUT2D eigenvalue weighted by Crippen LogP contribution is -2.44. The SMILES string of the molecule is COC(=O)[C@H]1C(=O)NC(SCC(=O)NCc2ccc(OC)cc2)=C(C#N)[C@H]1c1ccc(OC)c(Br)c1. The summed E-state index contributed by atoms with van der Waals surface area (Å²) >= 11 is 4.43. The van der Waals surface area contributed by atoms with Crippen LogP contribution in [0.15, 0.2) is 57.5 Å². The third-order valence-corrected chi connectivity index (χ3v) is 7.15. The summed E-state index contributed by atoms with van der Waals surface area (Å²) in [5.74, 6) is -2.60. The molecule has 0 aromatic heterocycles. The number of methoxy groups -OCH3 is 3. The molecule has 0 bridgehead atoms. The number of hydrogen-bond acceptors (Lipinski definition) is 8. The molecule has 2 amide bonds. The molecule has 2 atom stereocenters. The van der Waals surface area contributed by atoms with Gasteiger partial charge in [0.05, 0.1) is 48.2 Å². The molecule has 188 valence electrons. The minimum absolute atomic E-state index is 0.0428. The Labute approximate surface area is 221 Å². The average molecular weight is 574 g/mol. The Hall–Kier alpha value is -3.49. The van der Waals surface area contributed by atoms with Gasteiger partial charge in [-0.2, -0.15) is 5.26 Å². The van der Waals surface area contributed by atoms with E-state index in [1.807, 2.05) is 12.1 Å². The Bertz CT molecular complexity index is 1230. The molecule has 2 aromatic carbocycles. The fourth-order valence-corrected chi connectivity index (χ4v) is 5.13. The maximum absolute atomic E-state index is 12.9. The monoisotopic (exact) mass is 573 g/mol. The Morgan fingerprint density at radius 3 is 2.44 bits per heavy atom. The molecule has 1 aliphatic rings. The highest BCUT2D eigenvalue weighted by atomic mass is 79.9. The molecule has 0 unspecified atom stereocenters. The minimum atomic E-state index is -1.27. The summed E-state index contributed by atoms with van der Waals surface area (Å²) in [7, 11) is 4.28. The molecule has 36 heavy (non-hydrogen) atoms. The molecule has 2 N–H and O–H groups in total. The minimum Gasteiger partial charge on any atom is -0.497 e. The number of esters is 1. The van der Waals surface area contributed by atoms with E-state index >= 15 is 0 Å². The second-order valence-electron chi connectivity index (χ2n) is 7.63. The Morgan fingerprint density at radius 1 is 1.14 bits per heavy atom. The van der Waals surface area contributed by atoms with Crippen LogP contribution in [0.25, 0.3) is 0 Å². The fraction of sp³-hybridized carbons (Fsp3) is 0.280. The lowest BCUT2D eigenvalue weighted by molar-refractivity contribution is -0.150. The predicted octanol–water partition coefficient (Wildman–Crippen LogP) is 3.25. The van der Waals surface area contributed by atoms with Crippen molar-refractivity contribution in [3.05, 3.63) is 68.7 Å². The van der Waals surface area contributed by atoms with Gasteiger partial charge in [0, 0.05) is 12.5 Å². The molecule has 2 aromatic rings. The van der Waals surface area contributed by atoms with Crippen LogP contribution in [0.5, 0.6) is 11.5 Å². The van der Waals surface area contributed by atoms with E-state index in [1.165, 1.54) is 14.2 Å². The normalized spacial score (nSPS) is 17.0. The maximum Gasteiger partial charge on any atom is 0.319 e. The number of carbonyl (C=O) groups excluding carboxylic acids is 3. The van der Waals surface area contributed by atoms with Crippen LogP contribution < -0.4 is 20.1 Å². The van der Waals surface area contributed by atoms with Crippen LogP contribution in [-0.4, -0.2) is 44.9 Å². The van der Waals surface area contributed by atoms with E-state index in [9.17, 15) is 19.6 Å². The molecule has 0 spiro atoms. The van der Waals surface area contributed by atoms with Crippen LogP contribution in [0.1, 0.15) is 17.0 Å². The Balaban J connectivity index is 1.82. The van der Waals surface area contributed by atoms with E-state index in [-0.39, 0.29) is 22.3 Å². The van der Waals surface area contributed by atoms with Crippen molar-refractivity contribution < 1.29 is 28.6 Å². The molecule has 1 aliphatic heterocycles. The number of nitrogens with zero attached hydrogens (tertiary/aromatic N) is 1. The quantitative estimate of drug-likeness (QED) is 0.345. The van der Waals surface area contributed by atoms with Gasteiger partial charge in [0.2, 0.25) is 11.8 Å². The zero-order valence-corrected chi connectivity index (χ0v) is 22.2. The number of carbonyl (C=O) groups is 3. The van der Waals surface area contributed by atoms with Gasteiger partial charge in [-0.3, -0.25) is 14.4 Å². The van der Waals surface area contributed by atoms with Gasteiger partial charge in [-0.25, -0.2) is 0 Å². The summed E-state index contributed by atoms with van der Waals surface area (Å²) in [5, 5.41) is 15.6. The van der Waals surface area contributed by atoms with E-state index in [0.717, 1.165) is 17.3 Å². The Kier molecular flexibility index (Phi) is 9.38. The van der Waals surface area contributed by atoms with Crippen LogP contribution in [0, 0.1) is 17.2 Å². The third kappa shape index (κ3) is 6.19. The van der Waals surface area contributed by atoms with E-state index in [1.54, 1.807) is 37.4 Å². The number of nitrogens with one attached hydrogen (secondary N) is 2. The largest absolute Gasteiger partial charge is 0.497 e. The van der Waals surface area contributed by atoms with Crippen LogP contribution in [0.2, 0.25) is 0 Å². The van der Waals surface area contributed by atoms with Gasteiger partial charge in [0.1, 0.15) is 17.4 Å². The molecule has 0 fully saturated rings. The molecule has 0 saturated heterocycles. The van der Waals surface area contributed by atoms with Crippen molar-refractivity contribution in [1.29, 1.82) is 5.26 Å². The first kappa shape index (κ1) is 27.1. The number of rotatable bonds is 9. The smallest absolute Gasteiger partial charge is 0.319 e. The topological polar surface area (TPSA) is 127 Å². The van der Waals surface area contributed by atoms with E-state index in [4.69, 9.17) is 14.2 Å². The number of allylic oxidation sites excluding steroid dienone is 1. The first-order valence-corrected chi connectivity index (χ1v) is 12.5. The summed E-state index contributed by atoms with van der Waals surface area (Å²) in [5.41, 5.74) is 1.60. The molecular formula is C25H24BrN3O6S. The van der Waals surface area contributed by atoms with Crippen LogP contribution >= 0.6 is 27.7 Å². The molecule has 11 heteroatoms. The molecule has 3 rings (SSSR count). The maximum atomic E-state index is 12.9. The fourth-order valence-electron chi connectivity index (χ4n) is 3.69. The predicted molar refractivity (Wildman–Crippen MR) is 137 cm³/mol. The number of amides is 2. The van der Waals surface area contributed by atoms with Crippen LogP contribution in [0.4, 0.5) is 0 Å².